The number of aromatic hydroxyl groups is 4. The minimum Gasteiger partial charge on any atom is -0.504 e. The quantitative estimate of drug-likeness (QED) is 0.0497. The molecule has 2 aliphatic heterocycles. The number of aliphatic hydroxyl groups excluding tert-OH is 6. The summed E-state index contributed by atoms with van der Waals surface area (Å²) in [6.45, 7) is 0. The topological polar surface area (TPSA) is 626 Å². The molecule has 33 heteroatoms. The van der Waals surface area contributed by atoms with E-state index in [2.05, 4.69) is 0 Å². The normalized spacial score (nSPS) is 21.8. The van der Waals surface area contributed by atoms with E-state index in [1.165, 1.54) is 0 Å². The zero-order valence-corrected chi connectivity index (χ0v) is 43.7. The van der Waals surface area contributed by atoms with E-state index < -0.39 is 119 Å². The van der Waals surface area contributed by atoms with Crippen LogP contribution in [0.15, 0.2) is 103 Å². The molecule has 0 saturated carbocycles. The van der Waals surface area contributed by atoms with Gasteiger partial charge in [-0.25, -0.2) is 9.59 Å². The fourth-order valence-electron chi connectivity index (χ4n) is 6.76. The maximum absolute atomic E-state index is 12.5. The number of carboxylic acid groups (broad SMARTS) is 2. The number of carbonyl (C=O) groups is 2. The Morgan fingerprint density at radius 1 is 0.440 bits per heavy atom. The van der Waals surface area contributed by atoms with Crippen LogP contribution in [0.3, 0.4) is 0 Å². The molecule has 2 saturated heterocycles. The number of rotatable bonds is 8. The molecule has 1 radical (unpaired) electrons. The third kappa shape index (κ3) is 16.0. The van der Waals surface area contributed by atoms with Gasteiger partial charge in [-0.05, 0) is 0 Å². The van der Waals surface area contributed by atoms with Gasteiger partial charge in [-0.15, -0.1) is 0 Å². The zero-order valence-electron chi connectivity index (χ0n) is 38.6. The third-order valence-corrected chi connectivity index (χ3v) is 10.1. The van der Waals surface area contributed by atoms with Crippen molar-refractivity contribution in [2.24, 2.45) is 0 Å². The van der Waals surface area contributed by atoms with Gasteiger partial charge < -0.3 is 133 Å². The van der Waals surface area contributed by atoms with Crippen LogP contribution in [0.2, 0.25) is 0 Å². The van der Waals surface area contributed by atoms with E-state index in [1.807, 2.05) is 0 Å². The van der Waals surface area contributed by atoms with Crippen LogP contribution >= 0.6 is 0 Å². The third-order valence-electron chi connectivity index (χ3n) is 10.1. The molecule has 10 atom stereocenters. The Balaban J connectivity index is -0.000000380. The van der Waals surface area contributed by atoms with Crippen LogP contribution in [-0.4, -0.2) is 178 Å². The Hall–Kier alpha value is -5.09. The molecule has 0 unspecified atom stereocenters. The first kappa shape index (κ1) is 78.8. The van der Waals surface area contributed by atoms with E-state index in [1.54, 1.807) is 60.7 Å². The van der Waals surface area contributed by atoms with Crippen molar-refractivity contribution in [3.8, 4) is 57.1 Å². The van der Waals surface area contributed by atoms with Crippen molar-refractivity contribution >= 4 is 33.9 Å². The molecular formula is C42H52CoNa2O30+4. The number of aliphatic hydroxyl groups is 6. The summed E-state index contributed by atoms with van der Waals surface area (Å²) in [6.07, 6.45) is -19.1. The van der Waals surface area contributed by atoms with Gasteiger partial charge >= 0.3 is 87.8 Å². The SMILES string of the molecule is O.O.O.O.O.O.O.O.O=C(O)[C@H]1O[C@@H](Oc2cc3oc(-c4ccccc4)cc(=O)c3c(O)c2O)[C@H](O)[C@@H](O)[C@@H]1O.O=C(O)[C@H]1O[C@@H](Oc2cc3oc(-c4ccccc4)cc(=O)c3c(O)c2O)[C@H](O)[C@@H](O)[C@@H]1O.[Co+2].[Na+].[Na+]. The molecule has 0 bridgehead atoms. The number of hydrogen-bond acceptors (Lipinski definition) is 20. The molecule has 0 spiro atoms. The fourth-order valence-corrected chi connectivity index (χ4v) is 6.76. The van der Waals surface area contributed by atoms with Crippen molar-refractivity contribution in [2.45, 2.75) is 61.4 Å². The Labute approximate surface area is 473 Å². The zero-order chi connectivity index (χ0) is 46.3. The first-order valence-corrected chi connectivity index (χ1v) is 18.7. The second-order valence-corrected chi connectivity index (χ2v) is 14.3. The largest absolute Gasteiger partial charge is 2.00 e. The predicted molar refractivity (Wildman–Crippen MR) is 241 cm³/mol. The first-order chi connectivity index (χ1) is 30.4. The van der Waals surface area contributed by atoms with Gasteiger partial charge in [0.25, 0.3) is 0 Å². The molecule has 2 aliphatic rings. The molecule has 4 aromatic carbocycles. The second-order valence-electron chi connectivity index (χ2n) is 14.3. The van der Waals surface area contributed by atoms with Crippen LogP contribution in [0, 0.1) is 0 Å². The molecule has 0 amide bonds. The van der Waals surface area contributed by atoms with E-state index >= 15 is 0 Å². The van der Waals surface area contributed by atoms with Gasteiger partial charge in [0, 0.05) is 35.4 Å². The Morgan fingerprint density at radius 3 is 1.01 bits per heavy atom. The average Bonchev–Trinajstić information content (AvgIpc) is 3.27. The van der Waals surface area contributed by atoms with Crippen LogP contribution in [-0.2, 0) is 35.8 Å². The summed E-state index contributed by atoms with van der Waals surface area (Å²) in [5.41, 5.74) is -0.529. The Kier molecular flexibility index (Phi) is 34.1. The molecule has 0 aliphatic carbocycles. The Morgan fingerprint density at radius 2 is 0.733 bits per heavy atom. The molecule has 2 aromatic heterocycles. The number of fused-ring (bicyclic) bond motifs is 2. The predicted octanol–water partition coefficient (Wildman–Crippen LogP) is -12.3. The minimum atomic E-state index is -1.94. The van der Waals surface area contributed by atoms with Crippen LogP contribution in [0.5, 0.6) is 34.5 Å². The van der Waals surface area contributed by atoms with Gasteiger partial charge in [-0.2, -0.15) is 0 Å². The first-order valence-electron chi connectivity index (χ1n) is 18.7. The maximum Gasteiger partial charge on any atom is 2.00 e. The molecule has 6 aromatic rings. The summed E-state index contributed by atoms with van der Waals surface area (Å²) in [4.78, 5) is 47.6. The Bertz CT molecular complexity index is 2660. The van der Waals surface area contributed by atoms with Gasteiger partial charge in [0.1, 0.15) is 70.1 Å². The van der Waals surface area contributed by atoms with E-state index in [9.17, 15) is 70.2 Å². The molecule has 4 heterocycles. The van der Waals surface area contributed by atoms with Crippen molar-refractivity contribution in [3.05, 3.63) is 105 Å². The van der Waals surface area contributed by atoms with Crippen LogP contribution in [0.4, 0.5) is 0 Å². The van der Waals surface area contributed by atoms with E-state index in [0.29, 0.717) is 11.1 Å². The van der Waals surface area contributed by atoms with Crippen molar-refractivity contribution in [3.63, 3.8) is 0 Å². The monoisotopic (exact) mass is 1140 g/mol. The molecule has 8 rings (SSSR count). The van der Waals surface area contributed by atoms with Crippen LogP contribution in [0.25, 0.3) is 44.6 Å². The van der Waals surface area contributed by atoms with Crippen molar-refractivity contribution in [1.29, 1.82) is 0 Å². The number of ether oxygens (including phenoxy) is 4. The van der Waals surface area contributed by atoms with Gasteiger partial charge in [0.2, 0.25) is 24.1 Å². The summed E-state index contributed by atoms with van der Waals surface area (Å²) in [5.74, 6) is -7.52. The summed E-state index contributed by atoms with van der Waals surface area (Å²) in [7, 11) is 0. The van der Waals surface area contributed by atoms with Gasteiger partial charge in [0.15, 0.2) is 46.1 Å². The van der Waals surface area contributed by atoms with Crippen LogP contribution < -0.4 is 79.4 Å². The number of phenolic OH excluding ortho intramolecular Hbond substituents is 4. The second kappa shape index (κ2) is 32.5. The molecule has 28 N–H and O–H groups in total. The molecule has 2 fully saturated rings. The minimum absolute atomic E-state index is 0. The molecule has 407 valence electrons. The van der Waals surface area contributed by atoms with Gasteiger partial charge in [-0.3, -0.25) is 9.59 Å². The molecule has 75 heavy (non-hydrogen) atoms. The van der Waals surface area contributed by atoms with Crippen molar-refractivity contribution < 1.29 is 218 Å². The number of benzene rings is 4. The summed E-state index contributed by atoms with van der Waals surface area (Å²) in [6, 6.07) is 21.5. The number of carboxylic acids is 2. The van der Waals surface area contributed by atoms with E-state index in [0.717, 1.165) is 24.3 Å². The summed E-state index contributed by atoms with van der Waals surface area (Å²) < 4.78 is 32.0. The number of hydrogen-bond donors (Lipinski definition) is 12. The molecular weight excluding hydrogens is 1090 g/mol. The van der Waals surface area contributed by atoms with E-state index in [-0.39, 0.29) is 153 Å². The summed E-state index contributed by atoms with van der Waals surface area (Å²) in [5, 5.41) is 118. The van der Waals surface area contributed by atoms with Gasteiger partial charge in [0.05, 0.1) is 0 Å². The van der Waals surface area contributed by atoms with Crippen molar-refractivity contribution in [1.82, 2.24) is 0 Å². The number of aliphatic carboxylic acids is 2. The summed E-state index contributed by atoms with van der Waals surface area (Å²) >= 11 is 0. The average molecular weight is 1140 g/mol. The maximum atomic E-state index is 12.5. The van der Waals surface area contributed by atoms with Crippen LogP contribution in [0.1, 0.15) is 0 Å². The number of phenols is 4. The van der Waals surface area contributed by atoms with Crippen molar-refractivity contribution in [2.75, 3.05) is 0 Å². The van der Waals surface area contributed by atoms with Gasteiger partial charge in [-0.1, -0.05) is 60.7 Å². The van der Waals surface area contributed by atoms with E-state index in [4.69, 9.17) is 38.0 Å². The smallest absolute Gasteiger partial charge is 0.504 e. The molecule has 30 nitrogen and oxygen atoms in total. The fraction of sp³-hybridized carbons (Fsp3) is 0.238. The standard InChI is InChI=1S/2C21H18O11.Co.2Na.8H2O/c2*22-9-6-10(8-4-2-1-3-5-8)30-11-7-12(14(23)15(24)13(9)11)31-21-18(27)16(25)17(26)19(32-21)20(28)29;;;;;;;;;;;/h2*1-7,16-19,21,23-27H,(H,28,29);;;;8*1H2/q;;+2;2*+1;;;;;;;;/t2*16-,17-,18+,19-,21+;;;;;;;;;;;/m00.........../s1.